The first-order chi connectivity index (χ1) is 14.6. The molecule has 2 heterocycles. The second kappa shape index (κ2) is 7.73. The maximum absolute atomic E-state index is 12.9. The molecule has 2 aromatic heterocycles. The number of nitrogens with one attached hydrogen (secondary N) is 2. The minimum atomic E-state index is 0.0224. The smallest absolute Gasteiger partial charge is 0.229 e. The van der Waals surface area contributed by atoms with Crippen LogP contribution in [0.4, 0.5) is 5.00 Å². The Morgan fingerprint density at radius 1 is 1.10 bits per heavy atom. The quantitative estimate of drug-likeness (QED) is 0.431. The van der Waals surface area contributed by atoms with E-state index in [4.69, 9.17) is 4.98 Å². The third-order valence-corrected chi connectivity index (χ3v) is 7.19. The SMILES string of the molecule is Cc1ccc(CC(=O)Nc2sc3c(c2-c2nc4ccccc4[nH]2)CCCC3)cc1C. The topological polar surface area (TPSA) is 57.8 Å². The monoisotopic (exact) mass is 415 g/mol. The minimum absolute atomic E-state index is 0.0224. The highest BCUT2D eigenvalue weighted by Crippen LogP contribution is 2.43. The maximum atomic E-state index is 12.9. The van der Waals surface area contributed by atoms with Crippen molar-refractivity contribution >= 4 is 33.3 Å². The molecule has 1 aliphatic rings. The summed E-state index contributed by atoms with van der Waals surface area (Å²) < 4.78 is 0. The van der Waals surface area contributed by atoms with Crippen molar-refractivity contribution in [3.63, 3.8) is 0 Å². The van der Waals surface area contributed by atoms with E-state index in [-0.39, 0.29) is 5.91 Å². The normalized spacial score (nSPS) is 13.4. The highest BCUT2D eigenvalue weighted by molar-refractivity contribution is 7.17. The van der Waals surface area contributed by atoms with Crippen molar-refractivity contribution in [2.75, 3.05) is 5.32 Å². The van der Waals surface area contributed by atoms with Crippen molar-refractivity contribution in [1.29, 1.82) is 0 Å². The van der Waals surface area contributed by atoms with Gasteiger partial charge in [0.25, 0.3) is 0 Å². The first-order valence-electron chi connectivity index (χ1n) is 10.5. The molecule has 4 nitrogen and oxygen atoms in total. The number of para-hydroxylation sites is 2. The van der Waals surface area contributed by atoms with Crippen LogP contribution in [-0.2, 0) is 24.1 Å². The maximum Gasteiger partial charge on any atom is 0.229 e. The van der Waals surface area contributed by atoms with Gasteiger partial charge in [-0.2, -0.15) is 0 Å². The van der Waals surface area contributed by atoms with E-state index in [0.717, 1.165) is 45.8 Å². The van der Waals surface area contributed by atoms with E-state index in [2.05, 4.69) is 36.3 Å². The molecule has 0 bridgehead atoms. The number of benzene rings is 2. The Hall–Kier alpha value is -2.92. The summed E-state index contributed by atoms with van der Waals surface area (Å²) in [5.41, 5.74) is 7.92. The van der Waals surface area contributed by atoms with Gasteiger partial charge in [-0.3, -0.25) is 4.79 Å². The molecule has 5 rings (SSSR count). The van der Waals surface area contributed by atoms with Gasteiger partial charge >= 0.3 is 0 Å². The van der Waals surface area contributed by atoms with Crippen molar-refractivity contribution < 1.29 is 4.79 Å². The molecule has 0 aliphatic heterocycles. The summed E-state index contributed by atoms with van der Waals surface area (Å²) >= 11 is 1.72. The van der Waals surface area contributed by atoms with Crippen molar-refractivity contribution in [1.82, 2.24) is 9.97 Å². The predicted molar refractivity (Wildman–Crippen MR) is 124 cm³/mol. The second-order valence-electron chi connectivity index (χ2n) is 8.16. The van der Waals surface area contributed by atoms with Crippen molar-refractivity contribution in [3.8, 4) is 11.4 Å². The Labute approximate surface area is 180 Å². The molecule has 0 radical (unpaired) electrons. The van der Waals surface area contributed by atoms with Crippen LogP contribution in [0.2, 0.25) is 0 Å². The molecule has 0 saturated heterocycles. The van der Waals surface area contributed by atoms with Gasteiger partial charge in [-0.25, -0.2) is 4.98 Å². The van der Waals surface area contributed by atoms with Gasteiger partial charge in [0.2, 0.25) is 5.91 Å². The first kappa shape index (κ1) is 19.1. The molecule has 4 aromatic rings. The number of rotatable bonds is 4. The number of aromatic nitrogens is 2. The Morgan fingerprint density at radius 2 is 1.93 bits per heavy atom. The number of amides is 1. The van der Waals surface area contributed by atoms with Crippen molar-refractivity contribution in [2.45, 2.75) is 46.0 Å². The molecular weight excluding hydrogens is 390 g/mol. The number of hydrogen-bond donors (Lipinski definition) is 2. The molecule has 2 aromatic carbocycles. The number of carbonyl (C=O) groups is 1. The van der Waals surface area contributed by atoms with Crippen LogP contribution in [0, 0.1) is 13.8 Å². The van der Waals surface area contributed by atoms with Crippen LogP contribution < -0.4 is 5.32 Å². The van der Waals surface area contributed by atoms with Gasteiger partial charge < -0.3 is 10.3 Å². The van der Waals surface area contributed by atoms with Gasteiger partial charge in [0.05, 0.1) is 23.0 Å². The zero-order valence-electron chi connectivity index (χ0n) is 17.3. The van der Waals surface area contributed by atoms with Crippen molar-refractivity contribution in [2.24, 2.45) is 0 Å². The molecule has 1 aliphatic carbocycles. The average Bonchev–Trinajstić information content (AvgIpc) is 3.31. The third-order valence-electron chi connectivity index (χ3n) is 5.99. The Balaban J connectivity index is 1.49. The average molecular weight is 416 g/mol. The molecule has 2 N–H and O–H groups in total. The standard InChI is InChI=1S/C25H25N3OS/c1-15-11-12-17(13-16(15)2)14-22(29)28-25-23(18-7-3-6-10-21(18)30-25)24-26-19-8-4-5-9-20(19)27-24/h4-5,8-9,11-13H,3,6-7,10,14H2,1-2H3,(H,26,27)(H,28,29). The summed E-state index contributed by atoms with van der Waals surface area (Å²) in [6.45, 7) is 4.18. The number of aryl methyl sites for hydroxylation is 3. The fourth-order valence-electron chi connectivity index (χ4n) is 4.25. The van der Waals surface area contributed by atoms with Gasteiger partial charge in [0.15, 0.2) is 0 Å². The lowest BCUT2D eigenvalue weighted by atomic mass is 9.95. The number of thiophene rings is 1. The molecule has 1 amide bonds. The molecular formula is C25H25N3OS. The highest BCUT2D eigenvalue weighted by Gasteiger charge is 2.25. The van der Waals surface area contributed by atoms with E-state index in [9.17, 15) is 4.79 Å². The summed E-state index contributed by atoms with van der Waals surface area (Å²) in [4.78, 5) is 22.6. The largest absolute Gasteiger partial charge is 0.338 e. The van der Waals surface area contributed by atoms with Crippen LogP contribution in [0.15, 0.2) is 42.5 Å². The molecule has 0 unspecified atom stereocenters. The summed E-state index contributed by atoms with van der Waals surface area (Å²) in [6, 6.07) is 14.3. The van der Waals surface area contributed by atoms with E-state index in [1.807, 2.05) is 30.3 Å². The number of hydrogen-bond acceptors (Lipinski definition) is 3. The molecule has 5 heteroatoms. The van der Waals surface area contributed by atoms with E-state index in [1.54, 1.807) is 11.3 Å². The summed E-state index contributed by atoms with van der Waals surface area (Å²) in [5, 5.41) is 4.14. The van der Waals surface area contributed by atoms with Gasteiger partial charge in [0, 0.05) is 4.88 Å². The molecule has 152 valence electrons. The zero-order chi connectivity index (χ0) is 20.7. The Morgan fingerprint density at radius 3 is 2.77 bits per heavy atom. The molecule has 0 fully saturated rings. The minimum Gasteiger partial charge on any atom is -0.338 e. The molecule has 0 spiro atoms. The van der Waals surface area contributed by atoms with Gasteiger partial charge in [-0.15, -0.1) is 11.3 Å². The molecule has 30 heavy (non-hydrogen) atoms. The first-order valence-corrected chi connectivity index (χ1v) is 11.4. The van der Waals surface area contributed by atoms with E-state index < -0.39 is 0 Å². The third kappa shape index (κ3) is 3.54. The van der Waals surface area contributed by atoms with Crippen LogP contribution >= 0.6 is 11.3 Å². The number of carbonyl (C=O) groups excluding carboxylic acids is 1. The highest BCUT2D eigenvalue weighted by atomic mass is 32.1. The number of anilines is 1. The number of aromatic amines is 1. The van der Waals surface area contributed by atoms with Crippen LogP contribution in [0.5, 0.6) is 0 Å². The van der Waals surface area contributed by atoms with Gasteiger partial charge in [0.1, 0.15) is 10.8 Å². The second-order valence-corrected chi connectivity index (χ2v) is 9.27. The number of imidazole rings is 1. The lowest BCUT2D eigenvalue weighted by Crippen LogP contribution is -2.14. The van der Waals surface area contributed by atoms with Crippen LogP contribution in [-0.4, -0.2) is 15.9 Å². The lowest BCUT2D eigenvalue weighted by molar-refractivity contribution is -0.115. The Bertz CT molecular complexity index is 1220. The summed E-state index contributed by atoms with van der Waals surface area (Å²) in [6.07, 6.45) is 4.91. The molecule has 0 atom stereocenters. The van der Waals surface area contributed by atoms with Crippen LogP contribution in [0.25, 0.3) is 22.4 Å². The van der Waals surface area contributed by atoms with Crippen LogP contribution in [0.1, 0.15) is 40.0 Å². The number of nitrogens with zero attached hydrogens (tertiary/aromatic N) is 1. The Kier molecular flexibility index (Phi) is 4.91. The van der Waals surface area contributed by atoms with Crippen LogP contribution in [0.3, 0.4) is 0 Å². The van der Waals surface area contributed by atoms with Gasteiger partial charge in [-0.1, -0.05) is 30.3 Å². The fraction of sp³-hybridized carbons (Fsp3) is 0.280. The molecule has 0 saturated carbocycles. The number of H-pyrrole nitrogens is 1. The van der Waals surface area contributed by atoms with E-state index in [1.165, 1.54) is 34.4 Å². The predicted octanol–water partition coefficient (Wildman–Crippen LogP) is 5.97. The summed E-state index contributed by atoms with van der Waals surface area (Å²) in [7, 11) is 0. The lowest BCUT2D eigenvalue weighted by Gasteiger charge is -2.12. The van der Waals surface area contributed by atoms with E-state index in [0.29, 0.717) is 6.42 Å². The van der Waals surface area contributed by atoms with Gasteiger partial charge in [-0.05, 0) is 73.9 Å². The number of fused-ring (bicyclic) bond motifs is 2. The van der Waals surface area contributed by atoms with E-state index >= 15 is 0 Å². The summed E-state index contributed by atoms with van der Waals surface area (Å²) in [5.74, 6) is 0.881. The zero-order valence-corrected chi connectivity index (χ0v) is 18.2. The van der Waals surface area contributed by atoms with Crippen molar-refractivity contribution in [3.05, 3.63) is 69.6 Å². The fourth-order valence-corrected chi connectivity index (χ4v) is 5.55.